The highest BCUT2D eigenvalue weighted by molar-refractivity contribution is 7.09. The highest BCUT2D eigenvalue weighted by atomic mass is 32.1. The Morgan fingerprint density at radius 1 is 1.36 bits per heavy atom. The first-order chi connectivity index (χ1) is 10.8. The maximum Gasteiger partial charge on any atom is 0.252 e. The Morgan fingerprint density at radius 2 is 2.14 bits per heavy atom. The van der Waals surface area contributed by atoms with Gasteiger partial charge in [-0.2, -0.15) is 0 Å². The van der Waals surface area contributed by atoms with Gasteiger partial charge in [-0.05, 0) is 38.5 Å². The molecule has 0 radical (unpaired) electrons. The van der Waals surface area contributed by atoms with Gasteiger partial charge in [-0.25, -0.2) is 4.98 Å². The molecule has 0 N–H and O–H groups in total. The van der Waals surface area contributed by atoms with Gasteiger partial charge in [-0.1, -0.05) is 19.8 Å². The predicted octanol–water partition coefficient (Wildman–Crippen LogP) is 3.93. The van der Waals surface area contributed by atoms with E-state index in [0.29, 0.717) is 0 Å². The molecule has 2 aliphatic rings. The second kappa shape index (κ2) is 7.55. The lowest BCUT2D eigenvalue weighted by molar-refractivity contribution is -0.151. The van der Waals surface area contributed by atoms with E-state index in [9.17, 15) is 4.79 Å². The lowest BCUT2D eigenvalue weighted by Gasteiger charge is -2.37. The van der Waals surface area contributed by atoms with Crippen LogP contribution in [-0.4, -0.2) is 34.5 Å². The lowest BCUT2D eigenvalue weighted by Crippen LogP contribution is -2.45. The third kappa shape index (κ3) is 3.51. The maximum atomic E-state index is 13.0. The minimum atomic E-state index is -0.274. The molecule has 2 heterocycles. The van der Waals surface area contributed by atoms with E-state index >= 15 is 0 Å². The molecule has 2 fully saturated rings. The number of likely N-dealkylation sites (tertiary alicyclic amines) is 1. The molecule has 4 nitrogen and oxygen atoms in total. The van der Waals surface area contributed by atoms with Gasteiger partial charge < -0.3 is 9.64 Å². The molecule has 1 saturated heterocycles. The number of amides is 1. The first-order valence-electron chi connectivity index (χ1n) is 8.65. The van der Waals surface area contributed by atoms with Crippen LogP contribution >= 0.6 is 11.3 Å². The molecular formula is C17H26N2O2S. The van der Waals surface area contributed by atoms with Crippen LogP contribution in [0.15, 0.2) is 11.6 Å². The molecule has 22 heavy (non-hydrogen) atoms. The summed E-state index contributed by atoms with van der Waals surface area (Å²) in [5, 5.41) is 3.07. The summed E-state index contributed by atoms with van der Waals surface area (Å²) in [4.78, 5) is 19.5. The van der Waals surface area contributed by atoms with Crippen molar-refractivity contribution < 1.29 is 9.53 Å². The van der Waals surface area contributed by atoms with Crippen LogP contribution in [0.25, 0.3) is 0 Å². The molecule has 1 aliphatic heterocycles. The molecule has 1 saturated carbocycles. The van der Waals surface area contributed by atoms with E-state index in [1.807, 2.05) is 16.5 Å². The Morgan fingerprint density at radius 3 is 2.82 bits per heavy atom. The molecule has 1 aromatic rings. The average Bonchev–Trinajstić information content (AvgIpc) is 3.25. The molecule has 2 atom stereocenters. The highest BCUT2D eigenvalue weighted by Crippen LogP contribution is 2.33. The lowest BCUT2D eigenvalue weighted by atomic mass is 10.0. The van der Waals surface area contributed by atoms with Crippen LogP contribution in [0.1, 0.15) is 69.3 Å². The summed E-state index contributed by atoms with van der Waals surface area (Å²) in [5.74, 6) is 0.175. The van der Waals surface area contributed by atoms with Crippen LogP contribution in [0.4, 0.5) is 0 Å². The Kier molecular flexibility index (Phi) is 5.47. The first kappa shape index (κ1) is 15.9. The molecule has 1 amide bonds. The Balaban J connectivity index is 1.69. The van der Waals surface area contributed by atoms with Crippen LogP contribution in [0.3, 0.4) is 0 Å². The molecule has 1 aliphatic carbocycles. The zero-order valence-electron chi connectivity index (χ0n) is 13.4. The SMILES string of the molecule is CC[C@H](OC1CCCC1)C(=O)N1CCCC[C@H]1c1nccs1. The predicted molar refractivity (Wildman–Crippen MR) is 87.8 cm³/mol. The smallest absolute Gasteiger partial charge is 0.252 e. The van der Waals surface area contributed by atoms with Gasteiger partial charge in [0.05, 0.1) is 12.1 Å². The first-order valence-corrected chi connectivity index (χ1v) is 9.53. The number of ether oxygens (including phenoxy) is 1. The van der Waals surface area contributed by atoms with E-state index in [-0.39, 0.29) is 24.2 Å². The van der Waals surface area contributed by atoms with Gasteiger partial charge in [0.25, 0.3) is 5.91 Å². The van der Waals surface area contributed by atoms with Crippen molar-refractivity contribution in [2.24, 2.45) is 0 Å². The van der Waals surface area contributed by atoms with E-state index in [0.717, 1.165) is 43.7 Å². The fourth-order valence-corrected chi connectivity index (χ4v) is 4.41. The third-order valence-corrected chi connectivity index (χ3v) is 5.70. The number of carbonyl (C=O) groups is 1. The molecule has 0 unspecified atom stereocenters. The van der Waals surface area contributed by atoms with Gasteiger partial charge in [-0.15, -0.1) is 11.3 Å². The standard InChI is InChI=1S/C17H26N2O2S/c1-2-15(21-13-7-3-4-8-13)17(20)19-11-6-5-9-14(19)16-18-10-12-22-16/h10,12-15H,2-9,11H2,1H3/t14-,15-/m0/s1. The minimum Gasteiger partial charge on any atom is -0.365 e. The van der Waals surface area contributed by atoms with Gasteiger partial charge in [0.2, 0.25) is 0 Å². The van der Waals surface area contributed by atoms with Crippen LogP contribution < -0.4 is 0 Å². The molecule has 0 bridgehead atoms. The summed E-state index contributed by atoms with van der Waals surface area (Å²) < 4.78 is 6.13. The largest absolute Gasteiger partial charge is 0.365 e. The number of thiazole rings is 1. The summed E-state index contributed by atoms with van der Waals surface area (Å²) in [6, 6.07) is 0.155. The van der Waals surface area contributed by atoms with Crippen molar-refractivity contribution in [3.8, 4) is 0 Å². The zero-order chi connectivity index (χ0) is 15.4. The van der Waals surface area contributed by atoms with E-state index < -0.39 is 0 Å². The van der Waals surface area contributed by atoms with Crippen molar-refractivity contribution in [1.29, 1.82) is 0 Å². The molecular weight excluding hydrogens is 296 g/mol. The normalized spacial score (nSPS) is 24.6. The van der Waals surface area contributed by atoms with E-state index in [1.165, 1.54) is 19.3 Å². The minimum absolute atomic E-state index is 0.155. The molecule has 5 heteroatoms. The fraction of sp³-hybridized carbons (Fsp3) is 0.765. The number of aromatic nitrogens is 1. The summed E-state index contributed by atoms with van der Waals surface area (Å²) in [7, 11) is 0. The monoisotopic (exact) mass is 322 g/mol. The summed E-state index contributed by atoms with van der Waals surface area (Å²) >= 11 is 1.66. The number of piperidine rings is 1. The van der Waals surface area contributed by atoms with Crippen LogP contribution in [0.2, 0.25) is 0 Å². The van der Waals surface area contributed by atoms with Crippen LogP contribution in [-0.2, 0) is 9.53 Å². The van der Waals surface area contributed by atoms with Crippen molar-refractivity contribution in [3.05, 3.63) is 16.6 Å². The van der Waals surface area contributed by atoms with Crippen molar-refractivity contribution in [2.45, 2.75) is 76.5 Å². The summed E-state index contributed by atoms with van der Waals surface area (Å²) in [6.07, 6.45) is 10.6. The number of hydrogen-bond acceptors (Lipinski definition) is 4. The number of hydrogen-bond donors (Lipinski definition) is 0. The van der Waals surface area contributed by atoms with Crippen LogP contribution in [0, 0.1) is 0 Å². The third-order valence-electron chi connectivity index (χ3n) is 4.83. The van der Waals surface area contributed by atoms with Crippen molar-refractivity contribution in [3.63, 3.8) is 0 Å². The second-order valence-electron chi connectivity index (χ2n) is 6.35. The Labute approximate surface area is 136 Å². The Bertz CT molecular complexity index is 471. The number of carbonyl (C=O) groups excluding carboxylic acids is 1. The van der Waals surface area contributed by atoms with Gasteiger partial charge in [0.1, 0.15) is 11.1 Å². The Hall–Kier alpha value is -0.940. The molecule has 3 rings (SSSR count). The van der Waals surface area contributed by atoms with Crippen molar-refractivity contribution in [1.82, 2.24) is 9.88 Å². The van der Waals surface area contributed by atoms with Gasteiger partial charge in [-0.3, -0.25) is 4.79 Å². The quantitative estimate of drug-likeness (QED) is 0.825. The van der Waals surface area contributed by atoms with Crippen molar-refractivity contribution >= 4 is 17.2 Å². The number of nitrogens with zero attached hydrogens (tertiary/aromatic N) is 2. The van der Waals surface area contributed by atoms with E-state index in [2.05, 4.69) is 11.9 Å². The molecule has 122 valence electrons. The molecule has 1 aromatic heterocycles. The molecule has 0 aromatic carbocycles. The fourth-order valence-electron chi connectivity index (χ4n) is 3.62. The summed E-state index contributed by atoms with van der Waals surface area (Å²) in [5.41, 5.74) is 0. The number of rotatable bonds is 5. The highest BCUT2D eigenvalue weighted by Gasteiger charge is 2.34. The maximum absolute atomic E-state index is 13.0. The molecule has 0 spiro atoms. The van der Waals surface area contributed by atoms with Gasteiger partial charge in [0.15, 0.2) is 0 Å². The zero-order valence-corrected chi connectivity index (χ0v) is 14.2. The van der Waals surface area contributed by atoms with E-state index in [1.54, 1.807) is 11.3 Å². The van der Waals surface area contributed by atoms with Gasteiger partial charge in [0, 0.05) is 18.1 Å². The second-order valence-corrected chi connectivity index (χ2v) is 7.28. The van der Waals surface area contributed by atoms with E-state index in [4.69, 9.17) is 4.74 Å². The van der Waals surface area contributed by atoms with Crippen molar-refractivity contribution in [2.75, 3.05) is 6.54 Å². The average molecular weight is 322 g/mol. The summed E-state index contributed by atoms with van der Waals surface area (Å²) in [6.45, 7) is 2.90. The van der Waals surface area contributed by atoms with Gasteiger partial charge >= 0.3 is 0 Å². The topological polar surface area (TPSA) is 42.4 Å². The van der Waals surface area contributed by atoms with Crippen LogP contribution in [0.5, 0.6) is 0 Å².